The number of benzene rings is 2. The van der Waals surface area contributed by atoms with Crippen molar-refractivity contribution in [3.05, 3.63) is 58.6 Å². The third kappa shape index (κ3) is 4.02. The monoisotopic (exact) mass is 366 g/mol. The fraction of sp³-hybridized carbons (Fsp3) is 0.278. The van der Waals surface area contributed by atoms with Crippen LogP contribution in [0.25, 0.3) is 0 Å². The van der Waals surface area contributed by atoms with E-state index in [1.54, 1.807) is 24.0 Å². The van der Waals surface area contributed by atoms with E-state index >= 15 is 0 Å². The lowest BCUT2D eigenvalue weighted by Crippen LogP contribution is -2.45. The Morgan fingerprint density at radius 2 is 2.12 bits per heavy atom. The van der Waals surface area contributed by atoms with Gasteiger partial charge in [-0.1, -0.05) is 17.7 Å². The van der Waals surface area contributed by atoms with E-state index in [0.717, 1.165) is 29.8 Å². The van der Waals surface area contributed by atoms with E-state index in [2.05, 4.69) is 5.32 Å². The first-order valence-corrected chi connectivity index (χ1v) is 8.26. The fourth-order valence-electron chi connectivity index (χ4n) is 2.70. The molecule has 25 heavy (non-hydrogen) atoms. The highest BCUT2D eigenvalue weighted by Crippen LogP contribution is 2.30. The Labute approximate surface area is 149 Å². The summed E-state index contributed by atoms with van der Waals surface area (Å²) in [4.78, 5) is 14.1. The predicted molar refractivity (Wildman–Crippen MR) is 92.3 cm³/mol. The molecule has 132 valence electrons. The molecular weight excluding hydrogens is 350 g/mol. The lowest BCUT2D eigenvalue weighted by molar-refractivity contribution is 0.229. The van der Waals surface area contributed by atoms with Crippen LogP contribution in [0.2, 0.25) is 5.02 Å². The van der Waals surface area contributed by atoms with Gasteiger partial charge in [0.1, 0.15) is 12.4 Å². The van der Waals surface area contributed by atoms with Gasteiger partial charge in [0.2, 0.25) is 0 Å². The van der Waals surface area contributed by atoms with Gasteiger partial charge in [-0.2, -0.15) is 0 Å². The van der Waals surface area contributed by atoms with Gasteiger partial charge in [0.05, 0.1) is 11.7 Å². The summed E-state index contributed by atoms with van der Waals surface area (Å²) in [5.74, 6) is -1.50. The minimum absolute atomic E-state index is 0.0548. The van der Waals surface area contributed by atoms with Crippen LogP contribution in [0.4, 0.5) is 19.3 Å². The molecule has 2 amide bonds. The van der Waals surface area contributed by atoms with E-state index in [1.807, 2.05) is 6.07 Å². The summed E-state index contributed by atoms with van der Waals surface area (Å²) in [6, 6.07) is 7.94. The maximum atomic E-state index is 13.5. The number of hydrogen-bond donors (Lipinski definition) is 1. The van der Waals surface area contributed by atoms with Crippen LogP contribution < -0.4 is 15.0 Å². The van der Waals surface area contributed by atoms with Crippen molar-refractivity contribution in [1.82, 2.24) is 5.32 Å². The molecule has 0 saturated heterocycles. The van der Waals surface area contributed by atoms with Crippen LogP contribution in [-0.4, -0.2) is 25.2 Å². The first-order valence-electron chi connectivity index (χ1n) is 7.88. The molecule has 1 atom stereocenters. The Hall–Kier alpha value is -2.34. The van der Waals surface area contributed by atoms with E-state index < -0.39 is 11.6 Å². The Morgan fingerprint density at radius 3 is 2.88 bits per heavy atom. The van der Waals surface area contributed by atoms with Crippen LogP contribution in [-0.2, 0) is 6.42 Å². The molecule has 4 nitrogen and oxygen atoms in total. The number of anilines is 1. The maximum Gasteiger partial charge on any atom is 0.322 e. The fourth-order valence-corrected chi connectivity index (χ4v) is 2.87. The Bertz CT molecular complexity index is 801. The van der Waals surface area contributed by atoms with Crippen molar-refractivity contribution in [1.29, 1.82) is 0 Å². The van der Waals surface area contributed by atoms with Crippen LogP contribution in [0.5, 0.6) is 5.75 Å². The van der Waals surface area contributed by atoms with Crippen LogP contribution in [0.15, 0.2) is 36.4 Å². The van der Waals surface area contributed by atoms with E-state index in [1.165, 1.54) is 6.07 Å². The molecule has 7 heteroatoms. The number of urea groups is 1. The average molecular weight is 367 g/mol. The molecule has 2 aromatic carbocycles. The molecule has 1 heterocycles. The number of nitrogens with zero attached hydrogens (tertiary/aromatic N) is 1. The van der Waals surface area contributed by atoms with E-state index in [9.17, 15) is 13.6 Å². The Morgan fingerprint density at radius 1 is 1.32 bits per heavy atom. The zero-order valence-corrected chi connectivity index (χ0v) is 14.3. The summed E-state index contributed by atoms with van der Waals surface area (Å²) in [5.41, 5.74) is 1.86. The number of rotatable bonds is 4. The lowest BCUT2D eigenvalue weighted by atomic mass is 10.2. The second-order valence-corrected chi connectivity index (χ2v) is 6.35. The molecule has 0 radical (unpaired) electrons. The molecule has 0 saturated carbocycles. The third-order valence-corrected chi connectivity index (χ3v) is 4.18. The molecule has 1 aliphatic rings. The van der Waals surface area contributed by atoms with Crippen molar-refractivity contribution in [2.24, 2.45) is 0 Å². The molecule has 1 N–H and O–H groups in total. The van der Waals surface area contributed by atoms with Crippen molar-refractivity contribution in [2.75, 3.05) is 18.1 Å². The van der Waals surface area contributed by atoms with Gasteiger partial charge in [0.15, 0.2) is 11.6 Å². The summed E-state index contributed by atoms with van der Waals surface area (Å²) >= 11 is 6.00. The standard InChI is InChI=1S/C18H17ClF2N2O2/c1-11(10-25-17-5-4-14(20)9-15(17)21)22-18(24)23-7-6-12-2-3-13(19)8-16(12)23/h2-5,8-9,11H,6-7,10H2,1H3,(H,22,24). The summed E-state index contributed by atoms with van der Waals surface area (Å²) in [7, 11) is 0. The number of hydrogen-bond acceptors (Lipinski definition) is 2. The molecule has 0 bridgehead atoms. The topological polar surface area (TPSA) is 41.6 Å². The molecular formula is C18H17ClF2N2O2. The van der Waals surface area contributed by atoms with Crippen molar-refractivity contribution in [3.8, 4) is 5.75 Å². The highest BCUT2D eigenvalue weighted by Gasteiger charge is 2.25. The lowest BCUT2D eigenvalue weighted by Gasteiger charge is -2.22. The van der Waals surface area contributed by atoms with Gasteiger partial charge in [-0.15, -0.1) is 0 Å². The third-order valence-electron chi connectivity index (χ3n) is 3.94. The molecule has 0 aliphatic carbocycles. The smallest absolute Gasteiger partial charge is 0.322 e. The highest BCUT2D eigenvalue weighted by molar-refractivity contribution is 6.31. The van der Waals surface area contributed by atoms with Crippen LogP contribution in [0.3, 0.4) is 0 Å². The molecule has 0 spiro atoms. The van der Waals surface area contributed by atoms with Gasteiger partial charge in [0, 0.05) is 17.6 Å². The van der Waals surface area contributed by atoms with Crippen molar-refractivity contribution in [3.63, 3.8) is 0 Å². The SMILES string of the molecule is CC(COc1ccc(F)cc1F)NC(=O)N1CCc2ccc(Cl)cc21. The van der Waals surface area contributed by atoms with Crippen molar-refractivity contribution in [2.45, 2.75) is 19.4 Å². The van der Waals surface area contributed by atoms with Crippen molar-refractivity contribution < 1.29 is 18.3 Å². The number of ether oxygens (including phenoxy) is 1. The molecule has 3 rings (SSSR count). The van der Waals surface area contributed by atoms with Gasteiger partial charge in [-0.05, 0) is 43.2 Å². The minimum Gasteiger partial charge on any atom is -0.488 e. The zero-order valence-electron chi connectivity index (χ0n) is 13.6. The zero-order chi connectivity index (χ0) is 18.0. The number of nitrogens with one attached hydrogen (secondary N) is 1. The number of carbonyl (C=O) groups excluding carboxylic acids is 1. The van der Waals surface area contributed by atoms with Gasteiger partial charge in [-0.25, -0.2) is 13.6 Å². The van der Waals surface area contributed by atoms with Gasteiger partial charge < -0.3 is 10.1 Å². The van der Waals surface area contributed by atoms with Gasteiger partial charge in [0.25, 0.3) is 0 Å². The molecule has 2 aromatic rings. The highest BCUT2D eigenvalue weighted by atomic mass is 35.5. The van der Waals surface area contributed by atoms with Crippen LogP contribution >= 0.6 is 11.6 Å². The van der Waals surface area contributed by atoms with Crippen LogP contribution in [0.1, 0.15) is 12.5 Å². The van der Waals surface area contributed by atoms with Gasteiger partial charge in [-0.3, -0.25) is 4.90 Å². The number of amides is 2. The van der Waals surface area contributed by atoms with E-state index in [4.69, 9.17) is 16.3 Å². The number of carbonyl (C=O) groups is 1. The van der Waals surface area contributed by atoms with Gasteiger partial charge >= 0.3 is 6.03 Å². The summed E-state index contributed by atoms with van der Waals surface area (Å²) in [6.07, 6.45) is 0.769. The molecule has 1 aliphatic heterocycles. The second kappa shape index (κ2) is 7.27. The summed E-state index contributed by atoms with van der Waals surface area (Å²) in [5, 5.41) is 3.38. The van der Waals surface area contributed by atoms with Crippen LogP contribution in [0, 0.1) is 11.6 Å². The number of fused-ring (bicyclic) bond motifs is 1. The largest absolute Gasteiger partial charge is 0.488 e. The maximum absolute atomic E-state index is 13.5. The first-order chi connectivity index (χ1) is 11.9. The Balaban J connectivity index is 1.58. The van der Waals surface area contributed by atoms with E-state index in [-0.39, 0.29) is 24.4 Å². The quantitative estimate of drug-likeness (QED) is 0.882. The van der Waals surface area contributed by atoms with E-state index in [0.29, 0.717) is 11.6 Å². The predicted octanol–water partition coefficient (Wildman–Crippen LogP) is 4.16. The first kappa shape index (κ1) is 17.5. The Kier molecular flexibility index (Phi) is 5.08. The normalized spacial score (nSPS) is 14.2. The molecule has 0 fully saturated rings. The minimum atomic E-state index is -0.776. The second-order valence-electron chi connectivity index (χ2n) is 5.91. The molecule has 1 unspecified atom stereocenters. The van der Waals surface area contributed by atoms with Crippen molar-refractivity contribution >= 4 is 23.3 Å². The average Bonchev–Trinajstić information content (AvgIpc) is 2.97. The summed E-state index contributed by atoms with van der Waals surface area (Å²) in [6.45, 7) is 2.38. The molecule has 0 aromatic heterocycles. The summed E-state index contributed by atoms with van der Waals surface area (Å²) < 4.78 is 31.7. The number of halogens is 3.